The van der Waals surface area contributed by atoms with Crippen molar-refractivity contribution in [2.75, 3.05) is 0 Å². The van der Waals surface area contributed by atoms with Crippen LogP contribution in [0.25, 0.3) is 0 Å². The standard InChI is InChI=1S/C27H32N2O9/c1-14-21(10-19-6-8-23(35-15(2)30)25(12-19)37-17(4)32)29-27(34)22(28-14)11-20-7-9-24(36-16(3)31)26(13-20)38-18(5)33/h6,8,12-14,21-22,28H,7,9-11H2,1-5H3,(H,29,34). The van der Waals surface area contributed by atoms with Gasteiger partial charge >= 0.3 is 23.9 Å². The molecule has 1 heterocycles. The van der Waals surface area contributed by atoms with E-state index in [0.717, 1.165) is 11.1 Å². The number of esters is 4. The van der Waals surface area contributed by atoms with Crippen LogP contribution in [0.15, 0.2) is 41.4 Å². The Labute approximate surface area is 220 Å². The molecule has 0 saturated carbocycles. The first kappa shape index (κ1) is 28.6. The van der Waals surface area contributed by atoms with Gasteiger partial charge in [-0.15, -0.1) is 0 Å². The van der Waals surface area contributed by atoms with E-state index in [-0.39, 0.29) is 35.2 Å². The summed E-state index contributed by atoms with van der Waals surface area (Å²) in [7, 11) is 0. The summed E-state index contributed by atoms with van der Waals surface area (Å²) in [5, 5.41) is 6.40. The fourth-order valence-electron chi connectivity index (χ4n) is 4.38. The number of benzene rings is 1. The Hall–Kier alpha value is -3.99. The smallest absolute Gasteiger partial charge is 0.308 e. The van der Waals surface area contributed by atoms with Gasteiger partial charge in [-0.1, -0.05) is 11.6 Å². The molecule has 1 aromatic rings. The van der Waals surface area contributed by atoms with Crippen molar-refractivity contribution >= 4 is 29.8 Å². The lowest BCUT2D eigenvalue weighted by atomic mass is 9.91. The molecular formula is C27H32N2O9. The van der Waals surface area contributed by atoms with Crippen molar-refractivity contribution in [1.29, 1.82) is 0 Å². The van der Waals surface area contributed by atoms with Crippen LogP contribution >= 0.6 is 0 Å². The topological polar surface area (TPSA) is 146 Å². The third-order valence-corrected chi connectivity index (χ3v) is 5.95. The van der Waals surface area contributed by atoms with Gasteiger partial charge in [0.2, 0.25) is 5.91 Å². The van der Waals surface area contributed by atoms with Gasteiger partial charge in [-0.2, -0.15) is 0 Å². The Morgan fingerprint density at radius 1 is 0.842 bits per heavy atom. The summed E-state index contributed by atoms with van der Waals surface area (Å²) in [6, 6.07) is 4.04. The predicted octanol–water partition coefficient (Wildman–Crippen LogP) is 2.37. The van der Waals surface area contributed by atoms with Gasteiger partial charge in [-0.3, -0.25) is 24.0 Å². The average Bonchev–Trinajstić information content (AvgIpc) is 2.79. The van der Waals surface area contributed by atoms with Gasteiger partial charge in [0, 0.05) is 46.2 Å². The summed E-state index contributed by atoms with van der Waals surface area (Å²) in [5.74, 6) is -1.59. The molecule has 1 saturated heterocycles. The first-order chi connectivity index (χ1) is 17.9. The molecule has 1 fully saturated rings. The molecule has 2 aliphatic rings. The van der Waals surface area contributed by atoms with Gasteiger partial charge in [0.15, 0.2) is 23.0 Å². The zero-order valence-corrected chi connectivity index (χ0v) is 22.0. The summed E-state index contributed by atoms with van der Waals surface area (Å²) in [6.07, 6.45) is 3.39. The predicted molar refractivity (Wildman–Crippen MR) is 134 cm³/mol. The van der Waals surface area contributed by atoms with Crippen molar-refractivity contribution in [1.82, 2.24) is 10.6 Å². The number of amides is 1. The Kier molecular flexibility index (Phi) is 9.40. The fraction of sp³-hybridized carbons (Fsp3) is 0.444. The van der Waals surface area contributed by atoms with Crippen LogP contribution in [-0.4, -0.2) is 47.9 Å². The van der Waals surface area contributed by atoms with Gasteiger partial charge in [0.05, 0.1) is 6.04 Å². The number of nitrogens with one attached hydrogen (secondary N) is 2. The summed E-state index contributed by atoms with van der Waals surface area (Å²) in [6.45, 7) is 6.99. The molecule has 2 N–H and O–H groups in total. The molecule has 3 atom stereocenters. The minimum absolute atomic E-state index is 0.104. The first-order valence-electron chi connectivity index (χ1n) is 12.3. The highest BCUT2D eigenvalue weighted by molar-refractivity contribution is 5.83. The quantitative estimate of drug-likeness (QED) is 0.381. The Bertz CT molecular complexity index is 1200. The highest BCUT2D eigenvalue weighted by Crippen LogP contribution is 2.31. The van der Waals surface area contributed by atoms with Crippen LogP contribution in [0.1, 0.15) is 59.4 Å². The Balaban J connectivity index is 1.69. The lowest BCUT2D eigenvalue weighted by molar-refractivity contribution is -0.141. The van der Waals surface area contributed by atoms with Crippen LogP contribution in [-0.2, 0) is 39.9 Å². The number of rotatable bonds is 8. The van der Waals surface area contributed by atoms with Crippen LogP contribution in [0, 0.1) is 0 Å². The van der Waals surface area contributed by atoms with Crippen LogP contribution in [0.3, 0.4) is 0 Å². The first-order valence-corrected chi connectivity index (χ1v) is 12.3. The van der Waals surface area contributed by atoms with E-state index in [1.165, 1.54) is 27.7 Å². The van der Waals surface area contributed by atoms with E-state index in [9.17, 15) is 24.0 Å². The SMILES string of the molecule is CC(=O)OC1=C(OC(C)=O)CCC(CC2NC(C)C(Cc3ccc(OC(C)=O)c(OC(C)=O)c3)NC2=O)=C1. The highest BCUT2D eigenvalue weighted by atomic mass is 16.6. The van der Waals surface area contributed by atoms with Crippen molar-refractivity contribution in [3.8, 4) is 11.5 Å². The molecule has 3 unspecified atom stereocenters. The van der Waals surface area contributed by atoms with Crippen LogP contribution in [0.2, 0.25) is 0 Å². The molecule has 1 aliphatic carbocycles. The molecule has 11 nitrogen and oxygen atoms in total. The van der Waals surface area contributed by atoms with E-state index >= 15 is 0 Å². The van der Waals surface area contributed by atoms with Crippen LogP contribution < -0.4 is 20.1 Å². The fourth-order valence-corrected chi connectivity index (χ4v) is 4.38. The number of ether oxygens (including phenoxy) is 4. The number of allylic oxidation sites excluding steroid dienone is 2. The van der Waals surface area contributed by atoms with E-state index < -0.39 is 29.9 Å². The second-order valence-corrected chi connectivity index (χ2v) is 9.28. The zero-order chi connectivity index (χ0) is 28.0. The third kappa shape index (κ3) is 8.01. The molecular weight excluding hydrogens is 496 g/mol. The lowest BCUT2D eigenvalue weighted by Gasteiger charge is -2.36. The van der Waals surface area contributed by atoms with Crippen LogP contribution in [0.4, 0.5) is 0 Å². The number of piperazine rings is 1. The van der Waals surface area contributed by atoms with Crippen molar-refractivity contribution < 1.29 is 42.9 Å². The number of hydrogen-bond acceptors (Lipinski definition) is 10. The molecule has 0 bridgehead atoms. The van der Waals surface area contributed by atoms with Crippen molar-refractivity contribution in [3.05, 3.63) is 46.9 Å². The van der Waals surface area contributed by atoms with E-state index in [2.05, 4.69) is 10.6 Å². The maximum Gasteiger partial charge on any atom is 0.308 e. The number of hydrogen-bond donors (Lipinski definition) is 2. The minimum atomic E-state index is -0.553. The summed E-state index contributed by atoms with van der Waals surface area (Å²) in [5.41, 5.74) is 1.65. The largest absolute Gasteiger partial charge is 0.427 e. The monoisotopic (exact) mass is 528 g/mol. The van der Waals surface area contributed by atoms with Crippen molar-refractivity contribution in [2.45, 2.75) is 78.4 Å². The van der Waals surface area contributed by atoms with Crippen molar-refractivity contribution in [3.63, 3.8) is 0 Å². The summed E-state index contributed by atoms with van der Waals surface area (Å²) < 4.78 is 20.7. The van der Waals surface area contributed by atoms with Gasteiger partial charge in [0.1, 0.15) is 0 Å². The maximum absolute atomic E-state index is 13.0. The zero-order valence-electron chi connectivity index (χ0n) is 22.0. The molecule has 0 aromatic heterocycles. The van der Waals surface area contributed by atoms with E-state index in [1.807, 2.05) is 6.92 Å². The maximum atomic E-state index is 13.0. The van der Waals surface area contributed by atoms with Gasteiger partial charge in [0.25, 0.3) is 0 Å². The second-order valence-electron chi connectivity index (χ2n) is 9.28. The second kappa shape index (κ2) is 12.5. The summed E-state index contributed by atoms with van der Waals surface area (Å²) in [4.78, 5) is 58.7. The number of carbonyl (C=O) groups excluding carboxylic acids is 5. The van der Waals surface area contributed by atoms with Gasteiger partial charge < -0.3 is 29.6 Å². The van der Waals surface area contributed by atoms with Crippen LogP contribution in [0.5, 0.6) is 11.5 Å². The molecule has 0 radical (unpaired) electrons. The molecule has 11 heteroatoms. The minimum Gasteiger partial charge on any atom is -0.427 e. The van der Waals surface area contributed by atoms with Crippen molar-refractivity contribution in [2.24, 2.45) is 0 Å². The van der Waals surface area contributed by atoms with E-state index in [4.69, 9.17) is 18.9 Å². The molecule has 3 rings (SSSR count). The average molecular weight is 529 g/mol. The molecule has 1 amide bonds. The third-order valence-electron chi connectivity index (χ3n) is 5.95. The van der Waals surface area contributed by atoms with E-state index in [0.29, 0.717) is 31.4 Å². The Morgan fingerprint density at radius 2 is 1.47 bits per heavy atom. The summed E-state index contributed by atoms with van der Waals surface area (Å²) >= 11 is 0. The van der Waals surface area contributed by atoms with E-state index in [1.54, 1.807) is 24.3 Å². The molecule has 1 aliphatic heterocycles. The molecule has 38 heavy (non-hydrogen) atoms. The normalized spacial score (nSPS) is 21.1. The molecule has 204 valence electrons. The van der Waals surface area contributed by atoms with Gasteiger partial charge in [-0.25, -0.2) is 0 Å². The molecule has 0 spiro atoms. The van der Waals surface area contributed by atoms with Gasteiger partial charge in [-0.05, 0) is 50.0 Å². The Morgan fingerprint density at radius 3 is 2.11 bits per heavy atom. The highest BCUT2D eigenvalue weighted by Gasteiger charge is 2.34. The lowest BCUT2D eigenvalue weighted by Crippen LogP contribution is -2.63. The number of carbonyl (C=O) groups is 5. The molecule has 1 aromatic carbocycles.